The summed E-state index contributed by atoms with van der Waals surface area (Å²) >= 11 is 0. The van der Waals surface area contributed by atoms with Crippen LogP contribution in [0.5, 0.6) is 0 Å². The minimum atomic E-state index is -0.109. The Balaban J connectivity index is 1.89. The molecule has 0 spiro atoms. The van der Waals surface area contributed by atoms with Crippen LogP contribution in [-0.4, -0.2) is 54.1 Å². The van der Waals surface area contributed by atoms with E-state index in [0.29, 0.717) is 6.61 Å². The normalized spacial score (nSPS) is 16.5. The van der Waals surface area contributed by atoms with Crippen molar-refractivity contribution >= 4 is 0 Å². The summed E-state index contributed by atoms with van der Waals surface area (Å²) in [5.41, 5.74) is 2.19. The van der Waals surface area contributed by atoms with Crippen LogP contribution in [0.15, 0.2) is 24.3 Å². The van der Waals surface area contributed by atoms with Crippen LogP contribution >= 0.6 is 0 Å². The summed E-state index contributed by atoms with van der Waals surface area (Å²) in [6.45, 7) is 3.29. The molecule has 114 valence electrons. The van der Waals surface area contributed by atoms with Gasteiger partial charge >= 0.3 is 0 Å². The Hall–Kier alpha value is -1.38. The maximum Gasteiger partial charge on any atom is 0.104 e. The third-order valence-corrected chi connectivity index (χ3v) is 3.69. The number of aliphatic hydroxyl groups excluding tert-OH is 2. The van der Waals surface area contributed by atoms with E-state index in [4.69, 9.17) is 14.9 Å². The molecule has 0 aromatic heterocycles. The van der Waals surface area contributed by atoms with E-state index in [0.717, 1.165) is 38.0 Å². The average Bonchev–Trinajstić information content (AvgIpc) is 2.53. The van der Waals surface area contributed by atoms with E-state index in [1.54, 1.807) is 0 Å². The molecule has 0 unspecified atom stereocenters. The first-order chi connectivity index (χ1) is 10.3. The molecule has 0 bridgehead atoms. The summed E-state index contributed by atoms with van der Waals surface area (Å²) in [5, 5.41) is 17.6. The Bertz CT molecular complexity index is 484. The van der Waals surface area contributed by atoms with Gasteiger partial charge in [-0.1, -0.05) is 30.0 Å². The summed E-state index contributed by atoms with van der Waals surface area (Å²) < 4.78 is 5.58. The van der Waals surface area contributed by atoms with E-state index in [1.165, 1.54) is 5.56 Å². The minimum Gasteiger partial charge on any atom is -0.394 e. The number of hydrogen-bond acceptors (Lipinski definition) is 4. The van der Waals surface area contributed by atoms with Crippen LogP contribution in [0.2, 0.25) is 0 Å². The third kappa shape index (κ3) is 5.14. The number of aliphatic hydroxyl groups is 2. The van der Waals surface area contributed by atoms with Crippen LogP contribution in [-0.2, 0) is 11.3 Å². The number of ether oxygens (including phenoxy) is 1. The van der Waals surface area contributed by atoms with Gasteiger partial charge in [-0.15, -0.1) is 0 Å². The number of nitrogens with zero attached hydrogens (tertiary/aromatic N) is 1. The van der Waals surface area contributed by atoms with E-state index in [2.05, 4.69) is 22.8 Å². The highest BCUT2D eigenvalue weighted by Crippen LogP contribution is 2.17. The molecule has 1 aromatic carbocycles. The molecule has 2 rings (SSSR count). The smallest absolute Gasteiger partial charge is 0.104 e. The van der Waals surface area contributed by atoms with E-state index in [1.807, 2.05) is 18.2 Å². The first kappa shape index (κ1) is 16.0. The monoisotopic (exact) mass is 289 g/mol. The van der Waals surface area contributed by atoms with Gasteiger partial charge in [-0.05, 0) is 24.5 Å². The molecule has 1 aromatic rings. The van der Waals surface area contributed by atoms with Gasteiger partial charge in [0.05, 0.1) is 19.3 Å². The Morgan fingerprint density at radius 3 is 2.67 bits per heavy atom. The second-order valence-electron chi connectivity index (χ2n) is 5.19. The summed E-state index contributed by atoms with van der Waals surface area (Å²) in [4.78, 5) is 2.40. The van der Waals surface area contributed by atoms with Crippen molar-refractivity contribution in [3.05, 3.63) is 35.4 Å². The van der Waals surface area contributed by atoms with Crippen LogP contribution in [0.25, 0.3) is 0 Å². The molecule has 1 aliphatic rings. The molecule has 1 saturated heterocycles. The molecule has 2 N–H and O–H groups in total. The van der Waals surface area contributed by atoms with Gasteiger partial charge in [-0.2, -0.15) is 0 Å². The fourth-order valence-electron chi connectivity index (χ4n) is 2.61. The molecule has 0 aliphatic carbocycles. The highest BCUT2D eigenvalue weighted by Gasteiger charge is 2.19. The van der Waals surface area contributed by atoms with Crippen LogP contribution in [0.4, 0.5) is 0 Å². The quantitative estimate of drug-likeness (QED) is 0.794. The average molecular weight is 289 g/mol. The minimum absolute atomic E-state index is 0.0944. The lowest BCUT2D eigenvalue weighted by atomic mass is 10.0. The fourth-order valence-corrected chi connectivity index (χ4v) is 2.61. The fraction of sp³-hybridized carbons (Fsp3) is 0.529. The van der Waals surface area contributed by atoms with Crippen molar-refractivity contribution < 1.29 is 14.9 Å². The lowest BCUT2D eigenvalue weighted by Crippen LogP contribution is -2.37. The molecule has 0 amide bonds. The van der Waals surface area contributed by atoms with Crippen molar-refractivity contribution in [2.45, 2.75) is 25.5 Å². The predicted molar refractivity (Wildman–Crippen MR) is 81.7 cm³/mol. The Kier molecular flexibility index (Phi) is 6.71. The van der Waals surface area contributed by atoms with Gasteiger partial charge in [0.2, 0.25) is 0 Å². The summed E-state index contributed by atoms with van der Waals surface area (Å²) in [6.07, 6.45) is 2.28. The molecular weight excluding hydrogens is 266 g/mol. The third-order valence-electron chi connectivity index (χ3n) is 3.69. The van der Waals surface area contributed by atoms with Crippen molar-refractivity contribution in [3.8, 4) is 11.8 Å². The van der Waals surface area contributed by atoms with Crippen molar-refractivity contribution in [3.63, 3.8) is 0 Å². The van der Waals surface area contributed by atoms with Crippen LogP contribution < -0.4 is 0 Å². The van der Waals surface area contributed by atoms with Gasteiger partial charge in [0.15, 0.2) is 0 Å². The van der Waals surface area contributed by atoms with Crippen LogP contribution in [0.3, 0.4) is 0 Å². The van der Waals surface area contributed by atoms with E-state index >= 15 is 0 Å². The molecule has 0 saturated carbocycles. The zero-order valence-electron chi connectivity index (χ0n) is 12.3. The van der Waals surface area contributed by atoms with Gasteiger partial charge < -0.3 is 14.9 Å². The summed E-state index contributed by atoms with van der Waals surface area (Å²) in [6, 6.07) is 8.08. The lowest BCUT2D eigenvalue weighted by Gasteiger charge is -2.32. The first-order valence-electron chi connectivity index (χ1n) is 7.46. The zero-order valence-corrected chi connectivity index (χ0v) is 12.3. The predicted octanol–water partition coefficient (Wildman–Crippen LogP) is 1.00. The Labute approximate surface area is 126 Å². The van der Waals surface area contributed by atoms with Crippen molar-refractivity contribution in [2.75, 3.05) is 32.9 Å². The molecule has 1 heterocycles. The maximum atomic E-state index is 8.82. The molecule has 4 heteroatoms. The van der Waals surface area contributed by atoms with Gasteiger partial charge in [0.1, 0.15) is 6.61 Å². The highest BCUT2D eigenvalue weighted by atomic mass is 16.5. The summed E-state index contributed by atoms with van der Waals surface area (Å²) in [5.74, 6) is 5.73. The first-order valence-corrected chi connectivity index (χ1v) is 7.46. The van der Waals surface area contributed by atoms with E-state index in [9.17, 15) is 0 Å². The molecule has 0 radical (unpaired) electrons. The standard InChI is InChI=1S/C17H23NO3/c19-11-3-6-15-4-1-2-5-16(15)14-18-9-7-17(8-10-18)21-13-12-20/h1-2,4-5,17,19-20H,7-14H2. The van der Waals surface area contributed by atoms with Gasteiger partial charge in [0, 0.05) is 25.2 Å². The lowest BCUT2D eigenvalue weighted by molar-refractivity contribution is -0.00902. The largest absolute Gasteiger partial charge is 0.394 e. The van der Waals surface area contributed by atoms with E-state index < -0.39 is 0 Å². The summed E-state index contributed by atoms with van der Waals surface area (Å²) in [7, 11) is 0. The van der Waals surface area contributed by atoms with Crippen LogP contribution in [0, 0.1) is 11.8 Å². The van der Waals surface area contributed by atoms with Crippen molar-refractivity contribution in [2.24, 2.45) is 0 Å². The van der Waals surface area contributed by atoms with Crippen LogP contribution in [0.1, 0.15) is 24.0 Å². The van der Waals surface area contributed by atoms with E-state index in [-0.39, 0.29) is 19.3 Å². The number of benzene rings is 1. The molecule has 1 aliphatic heterocycles. The second-order valence-corrected chi connectivity index (χ2v) is 5.19. The zero-order chi connectivity index (χ0) is 14.9. The topological polar surface area (TPSA) is 52.9 Å². The number of likely N-dealkylation sites (tertiary alicyclic amines) is 1. The molecule has 1 fully saturated rings. The molecule has 21 heavy (non-hydrogen) atoms. The second kappa shape index (κ2) is 8.81. The SMILES string of the molecule is OCC#Cc1ccccc1CN1CCC(OCCO)CC1. The highest BCUT2D eigenvalue weighted by molar-refractivity contribution is 5.41. The van der Waals surface area contributed by atoms with Gasteiger partial charge in [-0.3, -0.25) is 4.90 Å². The number of hydrogen-bond donors (Lipinski definition) is 2. The molecule has 0 atom stereocenters. The van der Waals surface area contributed by atoms with Crippen molar-refractivity contribution in [1.82, 2.24) is 4.90 Å². The molecule has 4 nitrogen and oxygen atoms in total. The van der Waals surface area contributed by atoms with Crippen molar-refractivity contribution in [1.29, 1.82) is 0 Å². The van der Waals surface area contributed by atoms with Gasteiger partial charge in [0.25, 0.3) is 0 Å². The van der Waals surface area contributed by atoms with Gasteiger partial charge in [-0.25, -0.2) is 0 Å². The number of piperidine rings is 1. The Morgan fingerprint density at radius 1 is 1.19 bits per heavy atom. The maximum absolute atomic E-state index is 8.82. The Morgan fingerprint density at radius 2 is 1.95 bits per heavy atom. The number of rotatable bonds is 5. The molecular formula is C17H23NO3.